The van der Waals surface area contributed by atoms with Crippen molar-refractivity contribution in [2.45, 2.75) is 6.42 Å². The molecule has 0 saturated heterocycles. The maximum atomic E-state index is 11.1. The van der Waals surface area contributed by atoms with Crippen molar-refractivity contribution in [3.63, 3.8) is 0 Å². The SMILES string of the molecule is O=Cc1ccccc1CC(=O)CBr. The summed E-state index contributed by atoms with van der Waals surface area (Å²) in [6, 6.07) is 7.11. The third kappa shape index (κ3) is 2.77. The summed E-state index contributed by atoms with van der Waals surface area (Å²) in [6.07, 6.45) is 1.09. The highest BCUT2D eigenvalue weighted by atomic mass is 79.9. The first-order chi connectivity index (χ1) is 6.27. The van der Waals surface area contributed by atoms with E-state index in [1.54, 1.807) is 18.2 Å². The van der Waals surface area contributed by atoms with E-state index in [9.17, 15) is 9.59 Å². The summed E-state index contributed by atoms with van der Waals surface area (Å²) < 4.78 is 0. The van der Waals surface area contributed by atoms with E-state index in [4.69, 9.17) is 0 Å². The van der Waals surface area contributed by atoms with E-state index >= 15 is 0 Å². The van der Waals surface area contributed by atoms with Crippen LogP contribution in [-0.4, -0.2) is 17.4 Å². The number of halogens is 1. The van der Waals surface area contributed by atoms with Crippen molar-refractivity contribution in [3.05, 3.63) is 35.4 Å². The Morgan fingerprint density at radius 3 is 2.69 bits per heavy atom. The molecule has 1 aromatic carbocycles. The number of Topliss-reactive ketones (excluding diaryl/α,β-unsaturated/α-hetero) is 1. The van der Waals surface area contributed by atoms with Crippen LogP contribution in [0.4, 0.5) is 0 Å². The molecule has 0 bridgehead atoms. The zero-order valence-corrected chi connectivity index (χ0v) is 8.58. The number of rotatable bonds is 4. The summed E-state index contributed by atoms with van der Waals surface area (Å²) in [4.78, 5) is 21.7. The molecule has 0 N–H and O–H groups in total. The molecule has 0 spiro atoms. The van der Waals surface area contributed by atoms with Crippen LogP contribution in [0.2, 0.25) is 0 Å². The van der Waals surface area contributed by atoms with Crippen LogP contribution < -0.4 is 0 Å². The van der Waals surface area contributed by atoms with Crippen molar-refractivity contribution in [1.29, 1.82) is 0 Å². The highest BCUT2D eigenvalue weighted by molar-refractivity contribution is 9.09. The van der Waals surface area contributed by atoms with E-state index in [0.29, 0.717) is 17.3 Å². The van der Waals surface area contributed by atoms with Crippen LogP contribution in [0.5, 0.6) is 0 Å². The number of aldehydes is 1. The van der Waals surface area contributed by atoms with E-state index in [0.717, 1.165) is 11.8 Å². The Kier molecular flexibility index (Phi) is 3.83. The molecule has 0 unspecified atom stereocenters. The second kappa shape index (κ2) is 4.92. The van der Waals surface area contributed by atoms with Gasteiger partial charge in [0.25, 0.3) is 0 Å². The van der Waals surface area contributed by atoms with Gasteiger partial charge in [0.15, 0.2) is 0 Å². The number of hydrogen-bond acceptors (Lipinski definition) is 2. The molecule has 3 heteroatoms. The molecule has 0 amide bonds. The molecule has 0 atom stereocenters. The molecule has 1 rings (SSSR count). The van der Waals surface area contributed by atoms with Crippen molar-refractivity contribution in [2.24, 2.45) is 0 Å². The fraction of sp³-hybridized carbons (Fsp3) is 0.200. The van der Waals surface area contributed by atoms with E-state index < -0.39 is 0 Å². The Balaban J connectivity index is 2.87. The molecule has 0 radical (unpaired) electrons. The average Bonchev–Trinajstić information content (AvgIpc) is 2.18. The molecule has 0 aliphatic heterocycles. The van der Waals surface area contributed by atoms with Crippen LogP contribution in [0, 0.1) is 0 Å². The molecule has 1 aromatic rings. The third-order valence-electron chi connectivity index (χ3n) is 1.72. The molecule has 68 valence electrons. The lowest BCUT2D eigenvalue weighted by Gasteiger charge is -2.01. The second-order valence-corrected chi connectivity index (χ2v) is 3.23. The number of ketones is 1. The van der Waals surface area contributed by atoms with Gasteiger partial charge < -0.3 is 0 Å². The molecule has 0 heterocycles. The zero-order valence-electron chi connectivity index (χ0n) is 7.00. The Morgan fingerprint density at radius 1 is 1.38 bits per heavy atom. The Labute approximate surface area is 85.1 Å². The predicted molar refractivity (Wildman–Crippen MR) is 54.3 cm³/mol. The van der Waals surface area contributed by atoms with Crippen molar-refractivity contribution >= 4 is 28.0 Å². The van der Waals surface area contributed by atoms with Gasteiger partial charge in [-0.25, -0.2) is 0 Å². The minimum Gasteiger partial charge on any atom is -0.298 e. The molecule has 0 aliphatic rings. The molecule has 0 fully saturated rings. The number of alkyl halides is 1. The summed E-state index contributed by atoms with van der Waals surface area (Å²) in [5.41, 5.74) is 1.39. The van der Waals surface area contributed by atoms with Gasteiger partial charge in [-0.15, -0.1) is 0 Å². The van der Waals surface area contributed by atoms with Crippen LogP contribution in [-0.2, 0) is 11.2 Å². The van der Waals surface area contributed by atoms with E-state index in [1.807, 2.05) is 6.07 Å². The van der Waals surface area contributed by atoms with Crippen LogP contribution in [0.25, 0.3) is 0 Å². The fourth-order valence-corrected chi connectivity index (χ4v) is 1.27. The van der Waals surface area contributed by atoms with Gasteiger partial charge in [0, 0.05) is 12.0 Å². The fourth-order valence-electron chi connectivity index (χ4n) is 1.07. The molecular weight excluding hydrogens is 232 g/mol. The molecule has 2 nitrogen and oxygen atoms in total. The quantitative estimate of drug-likeness (QED) is 0.596. The van der Waals surface area contributed by atoms with Crippen molar-refractivity contribution in [2.75, 3.05) is 5.33 Å². The van der Waals surface area contributed by atoms with Gasteiger partial charge in [-0.2, -0.15) is 0 Å². The van der Waals surface area contributed by atoms with E-state index in [2.05, 4.69) is 15.9 Å². The highest BCUT2D eigenvalue weighted by Gasteiger charge is 2.05. The lowest BCUT2D eigenvalue weighted by Crippen LogP contribution is -2.05. The summed E-state index contributed by atoms with van der Waals surface area (Å²) in [5.74, 6) is 0.0781. The maximum absolute atomic E-state index is 11.1. The summed E-state index contributed by atoms with van der Waals surface area (Å²) in [5, 5.41) is 0.334. The van der Waals surface area contributed by atoms with Gasteiger partial charge in [0.2, 0.25) is 0 Å². The van der Waals surface area contributed by atoms with Gasteiger partial charge in [-0.05, 0) is 5.56 Å². The van der Waals surface area contributed by atoms with Crippen LogP contribution in [0.15, 0.2) is 24.3 Å². The lowest BCUT2D eigenvalue weighted by atomic mass is 10.0. The second-order valence-electron chi connectivity index (χ2n) is 2.67. The number of carbonyl (C=O) groups is 2. The smallest absolute Gasteiger partial charge is 0.150 e. The molecule has 13 heavy (non-hydrogen) atoms. The minimum atomic E-state index is 0.0781. The van der Waals surface area contributed by atoms with Gasteiger partial charge in [-0.1, -0.05) is 40.2 Å². The topological polar surface area (TPSA) is 34.1 Å². The maximum Gasteiger partial charge on any atom is 0.150 e. The van der Waals surface area contributed by atoms with E-state index in [1.165, 1.54) is 0 Å². The number of carbonyl (C=O) groups excluding carboxylic acids is 2. The summed E-state index contributed by atoms with van der Waals surface area (Å²) in [7, 11) is 0. The minimum absolute atomic E-state index is 0.0781. The Bertz CT molecular complexity index is 320. The first-order valence-corrected chi connectivity index (χ1v) is 5.01. The summed E-state index contributed by atoms with van der Waals surface area (Å²) in [6.45, 7) is 0. The average molecular weight is 241 g/mol. The van der Waals surface area contributed by atoms with Gasteiger partial charge >= 0.3 is 0 Å². The van der Waals surface area contributed by atoms with Crippen molar-refractivity contribution in [3.8, 4) is 0 Å². The lowest BCUT2D eigenvalue weighted by molar-refractivity contribution is -0.115. The first kappa shape index (κ1) is 10.1. The number of benzene rings is 1. The normalized spacial score (nSPS) is 9.62. The Morgan fingerprint density at radius 2 is 2.08 bits per heavy atom. The zero-order chi connectivity index (χ0) is 9.68. The molecular formula is C10H9BrO2. The van der Waals surface area contributed by atoms with Crippen molar-refractivity contribution < 1.29 is 9.59 Å². The predicted octanol–water partition coefficient (Wildman–Crippen LogP) is 2.01. The summed E-state index contributed by atoms with van der Waals surface area (Å²) >= 11 is 3.08. The molecule has 0 saturated carbocycles. The van der Waals surface area contributed by atoms with Crippen molar-refractivity contribution in [1.82, 2.24) is 0 Å². The monoisotopic (exact) mass is 240 g/mol. The number of hydrogen-bond donors (Lipinski definition) is 0. The van der Waals surface area contributed by atoms with Gasteiger partial charge in [0.05, 0.1) is 5.33 Å². The van der Waals surface area contributed by atoms with E-state index in [-0.39, 0.29) is 5.78 Å². The van der Waals surface area contributed by atoms with Crippen LogP contribution in [0.3, 0.4) is 0 Å². The van der Waals surface area contributed by atoms with Gasteiger partial charge in [0.1, 0.15) is 12.1 Å². The third-order valence-corrected chi connectivity index (χ3v) is 2.34. The van der Waals surface area contributed by atoms with Crippen LogP contribution >= 0.6 is 15.9 Å². The first-order valence-electron chi connectivity index (χ1n) is 3.88. The highest BCUT2D eigenvalue weighted by Crippen LogP contribution is 2.07. The Hall–Kier alpha value is -0.960. The van der Waals surface area contributed by atoms with Gasteiger partial charge in [-0.3, -0.25) is 9.59 Å². The molecule has 0 aromatic heterocycles. The largest absolute Gasteiger partial charge is 0.298 e. The standard InChI is InChI=1S/C10H9BrO2/c11-6-10(13)5-8-3-1-2-4-9(8)7-12/h1-4,7H,5-6H2. The molecule has 0 aliphatic carbocycles. The van der Waals surface area contributed by atoms with Crippen LogP contribution in [0.1, 0.15) is 15.9 Å².